The molecule has 9 heteroatoms. The van der Waals surface area contributed by atoms with E-state index in [1.807, 2.05) is 12.1 Å². The van der Waals surface area contributed by atoms with E-state index in [-0.39, 0.29) is 22.7 Å². The summed E-state index contributed by atoms with van der Waals surface area (Å²) in [5.41, 5.74) is 4.76. The smallest absolute Gasteiger partial charge is 0.397 e. The number of fused-ring (bicyclic) bond motifs is 4. The monoisotopic (exact) mass is 641 g/mol. The minimum absolute atomic E-state index is 0.0776. The molecule has 0 radical (unpaired) electrons. The Balaban J connectivity index is 1.22. The molecule has 5 unspecified atom stereocenters. The molecule has 0 heterocycles. The van der Waals surface area contributed by atoms with Crippen LogP contribution in [0.25, 0.3) is 0 Å². The lowest BCUT2D eigenvalue weighted by Crippen LogP contribution is -2.52. The van der Waals surface area contributed by atoms with Gasteiger partial charge in [0, 0.05) is 5.57 Å². The molecule has 1 aromatic carbocycles. The number of aliphatic carboxylic acids is 1. The molecule has 5 rings (SSSR count). The van der Waals surface area contributed by atoms with E-state index in [0.29, 0.717) is 41.2 Å². The zero-order valence-corrected chi connectivity index (χ0v) is 28.2. The van der Waals surface area contributed by atoms with Crippen LogP contribution in [0, 0.1) is 40.4 Å². The first kappa shape index (κ1) is 33.9. The molecule has 4 aliphatic rings. The number of carboxylic acid groups (broad SMARTS) is 1. The maximum atomic E-state index is 12.9. The topological polar surface area (TPSA) is 130 Å². The molecule has 45 heavy (non-hydrogen) atoms. The van der Waals surface area contributed by atoms with Gasteiger partial charge < -0.3 is 10.4 Å². The second kappa shape index (κ2) is 13.0. The number of rotatable bonds is 10. The first-order valence-electron chi connectivity index (χ1n) is 16.8. The average Bonchev–Trinajstić information content (AvgIpc) is 3.34. The van der Waals surface area contributed by atoms with E-state index in [9.17, 15) is 27.7 Å². The molecule has 3 N–H and O–H groups in total. The van der Waals surface area contributed by atoms with Gasteiger partial charge in [-0.2, -0.15) is 8.42 Å². The zero-order chi connectivity index (χ0) is 32.7. The fraction of sp³-hybridized carbons (Fsp3) is 0.667. The van der Waals surface area contributed by atoms with Gasteiger partial charge in [-0.3, -0.25) is 9.35 Å². The van der Waals surface area contributed by atoms with E-state index in [1.165, 1.54) is 12.8 Å². The Morgan fingerprint density at radius 2 is 1.80 bits per heavy atom. The first-order chi connectivity index (χ1) is 21.2. The van der Waals surface area contributed by atoms with Crippen molar-refractivity contribution < 1.29 is 31.8 Å². The van der Waals surface area contributed by atoms with Crippen LogP contribution in [0.2, 0.25) is 0 Å². The van der Waals surface area contributed by atoms with Gasteiger partial charge in [0.15, 0.2) is 6.04 Å². The lowest BCUT2D eigenvalue weighted by Gasteiger charge is -2.58. The third kappa shape index (κ3) is 6.68. The van der Waals surface area contributed by atoms with Crippen LogP contribution in [0.5, 0.6) is 0 Å². The fourth-order valence-corrected chi connectivity index (χ4v) is 10.8. The van der Waals surface area contributed by atoms with Gasteiger partial charge in [0.1, 0.15) is 0 Å². The molecule has 0 spiro atoms. The van der Waals surface area contributed by atoms with Gasteiger partial charge in [0.25, 0.3) is 0 Å². The number of benzene rings is 1. The number of hydrogen-bond donors (Lipinski definition) is 3. The third-order valence-corrected chi connectivity index (χ3v) is 13.0. The number of hydrogen-bond acceptors (Lipinski definition) is 5. The van der Waals surface area contributed by atoms with Crippen molar-refractivity contribution in [2.45, 2.75) is 111 Å². The summed E-state index contributed by atoms with van der Waals surface area (Å²) in [4.78, 5) is 24.7. The Morgan fingerprint density at radius 3 is 2.47 bits per heavy atom. The highest BCUT2D eigenvalue weighted by molar-refractivity contribution is 7.80. The molecule has 9 atom stereocenters. The molecular formula is C36H51NO7S. The van der Waals surface area contributed by atoms with Gasteiger partial charge in [-0.15, -0.1) is 0 Å². The SMILES string of the molecule is C/C(=C\CCC(C)[C@H]1CCC2=C3CCC4C(C)[C@@H](OS(=O)(=O)O)CC[C@]4(C)C3CC[C@@]21C)C(=O)NC(C(=O)O)c1ccccc1. The lowest BCUT2D eigenvalue weighted by molar-refractivity contribution is -0.141. The third-order valence-electron chi connectivity index (χ3n) is 12.5. The second-order valence-electron chi connectivity index (χ2n) is 14.9. The number of allylic oxidation sites excluding steroid dienone is 3. The molecular weight excluding hydrogens is 590 g/mol. The van der Waals surface area contributed by atoms with E-state index in [0.717, 1.165) is 44.9 Å². The van der Waals surface area contributed by atoms with Crippen molar-refractivity contribution in [3.63, 3.8) is 0 Å². The minimum atomic E-state index is -4.46. The molecule has 3 saturated carbocycles. The van der Waals surface area contributed by atoms with Gasteiger partial charge in [0.05, 0.1) is 6.10 Å². The summed E-state index contributed by atoms with van der Waals surface area (Å²) in [5.74, 6) is 0.619. The molecule has 4 aliphatic carbocycles. The number of amides is 1. The molecule has 248 valence electrons. The molecule has 1 aromatic rings. The number of carboxylic acids is 1. The number of carbonyl (C=O) groups is 2. The van der Waals surface area contributed by atoms with E-state index in [1.54, 1.807) is 42.3 Å². The van der Waals surface area contributed by atoms with Crippen LogP contribution in [-0.4, -0.2) is 36.1 Å². The van der Waals surface area contributed by atoms with E-state index in [2.05, 4.69) is 33.0 Å². The first-order valence-corrected chi connectivity index (χ1v) is 18.2. The van der Waals surface area contributed by atoms with Gasteiger partial charge in [-0.25, -0.2) is 8.98 Å². The summed E-state index contributed by atoms with van der Waals surface area (Å²) in [6.07, 6.45) is 11.6. The maximum absolute atomic E-state index is 12.9. The van der Waals surface area contributed by atoms with Crippen LogP contribution in [-0.2, 0) is 24.2 Å². The molecule has 0 aromatic heterocycles. The van der Waals surface area contributed by atoms with Gasteiger partial charge >= 0.3 is 16.4 Å². The summed E-state index contributed by atoms with van der Waals surface area (Å²) >= 11 is 0. The highest BCUT2D eigenvalue weighted by Gasteiger charge is 2.57. The van der Waals surface area contributed by atoms with Crippen LogP contribution >= 0.6 is 0 Å². The Morgan fingerprint density at radius 1 is 1.09 bits per heavy atom. The van der Waals surface area contributed by atoms with E-state index in [4.69, 9.17) is 4.18 Å². The van der Waals surface area contributed by atoms with Crippen molar-refractivity contribution in [2.24, 2.45) is 40.4 Å². The Kier molecular flexibility index (Phi) is 9.75. The Labute approximate surface area is 269 Å². The quantitative estimate of drug-likeness (QED) is 0.137. The molecule has 1 amide bonds. The second-order valence-corrected chi connectivity index (χ2v) is 15.9. The minimum Gasteiger partial charge on any atom is -0.479 e. The van der Waals surface area contributed by atoms with Crippen molar-refractivity contribution >= 4 is 22.3 Å². The summed E-state index contributed by atoms with van der Waals surface area (Å²) in [6, 6.07) is 7.68. The van der Waals surface area contributed by atoms with Gasteiger partial charge in [-0.1, -0.05) is 75.2 Å². The predicted molar refractivity (Wildman–Crippen MR) is 173 cm³/mol. The normalized spacial score (nSPS) is 34.7. The van der Waals surface area contributed by atoms with Gasteiger partial charge in [-0.05, 0) is 117 Å². The van der Waals surface area contributed by atoms with E-state index >= 15 is 0 Å². The summed E-state index contributed by atoms with van der Waals surface area (Å²) in [6.45, 7) is 11.1. The highest BCUT2D eigenvalue weighted by atomic mass is 32.3. The van der Waals surface area contributed by atoms with Crippen LogP contribution < -0.4 is 5.32 Å². The average molecular weight is 642 g/mol. The largest absolute Gasteiger partial charge is 0.479 e. The van der Waals surface area contributed by atoms with E-state index < -0.39 is 28.5 Å². The Hall–Kier alpha value is -2.49. The van der Waals surface area contributed by atoms with Crippen molar-refractivity contribution in [2.75, 3.05) is 0 Å². The highest BCUT2D eigenvalue weighted by Crippen LogP contribution is 2.66. The zero-order valence-electron chi connectivity index (χ0n) is 27.4. The Bertz CT molecular complexity index is 1450. The van der Waals surface area contributed by atoms with Crippen LogP contribution in [0.4, 0.5) is 0 Å². The molecule has 0 saturated heterocycles. The summed E-state index contributed by atoms with van der Waals surface area (Å²) < 4.78 is 37.4. The van der Waals surface area contributed by atoms with Crippen LogP contribution in [0.1, 0.15) is 110 Å². The fourth-order valence-electron chi connectivity index (χ4n) is 10.2. The summed E-state index contributed by atoms with van der Waals surface area (Å²) in [5, 5.41) is 12.4. The molecule has 3 fully saturated rings. The molecule has 0 aliphatic heterocycles. The maximum Gasteiger partial charge on any atom is 0.397 e. The summed E-state index contributed by atoms with van der Waals surface area (Å²) in [7, 11) is -4.46. The molecule has 8 nitrogen and oxygen atoms in total. The lowest BCUT2D eigenvalue weighted by atomic mass is 9.47. The molecule has 0 bridgehead atoms. The number of carbonyl (C=O) groups excluding carboxylic acids is 1. The predicted octanol–water partition coefficient (Wildman–Crippen LogP) is 7.45. The van der Waals surface area contributed by atoms with Crippen LogP contribution in [0.3, 0.4) is 0 Å². The van der Waals surface area contributed by atoms with Crippen molar-refractivity contribution in [3.05, 3.63) is 58.7 Å². The van der Waals surface area contributed by atoms with Crippen molar-refractivity contribution in [1.29, 1.82) is 0 Å². The van der Waals surface area contributed by atoms with Crippen molar-refractivity contribution in [1.82, 2.24) is 5.32 Å². The van der Waals surface area contributed by atoms with Crippen molar-refractivity contribution in [3.8, 4) is 0 Å². The van der Waals surface area contributed by atoms with Crippen LogP contribution in [0.15, 0.2) is 53.1 Å². The number of nitrogens with one attached hydrogen (secondary N) is 1. The standard InChI is InChI=1S/C36H51NO7S/c1-22(10-9-11-23(2)33(38)37-32(34(39)40)25-12-7-6-8-13-25)27-16-17-29-26-14-15-28-24(3)31(44-45(41,42)43)19-21-36(28,5)30(26)18-20-35(27,29)4/h6-8,11-13,22,24,27-28,30-32H,9-10,14-21H2,1-5H3,(H,37,38)(H,39,40)(H,41,42,43)/b23-11+/t22?,24?,27-,28?,30?,31+,32?,35-,36+/m1/s1. The van der Waals surface area contributed by atoms with Gasteiger partial charge in [0.2, 0.25) is 5.91 Å².